The zero-order chi connectivity index (χ0) is 7.84. The van der Waals surface area contributed by atoms with Crippen LogP contribution in [0.3, 0.4) is 0 Å². The molecule has 1 aliphatic heterocycles. The number of aliphatic imine (C=N–C) groups is 1. The molecule has 0 saturated carbocycles. The third-order valence-electron chi connectivity index (χ3n) is 1.21. The van der Waals surface area contributed by atoms with Gasteiger partial charge in [-0.25, -0.2) is 15.3 Å². The van der Waals surface area contributed by atoms with Crippen molar-refractivity contribution >= 4 is 37.9 Å². The van der Waals surface area contributed by atoms with Crippen molar-refractivity contribution in [3.05, 3.63) is 16.7 Å². The Hall–Kier alpha value is -0.920. The maximum Gasteiger partial charge on any atom is 0.279 e. The van der Waals surface area contributed by atoms with Crippen LogP contribution in [0.1, 0.15) is 0 Å². The molecule has 0 spiro atoms. The molecule has 55 valence electrons. The Balaban J connectivity index is 2.71. The Labute approximate surface area is 75.1 Å². The van der Waals surface area contributed by atoms with E-state index in [-0.39, 0.29) is 5.56 Å². The Morgan fingerprint density at radius 1 is 1.55 bits per heavy atom. The van der Waals surface area contributed by atoms with Gasteiger partial charge in [-0.15, -0.1) is 0 Å². The van der Waals surface area contributed by atoms with E-state index in [9.17, 15) is 4.79 Å². The molecule has 0 bridgehead atoms. The first kappa shape index (κ1) is 6.77. The first-order valence-corrected chi connectivity index (χ1v) is 3.89. The van der Waals surface area contributed by atoms with Crippen LogP contribution in [0.15, 0.2) is 16.1 Å². The van der Waals surface area contributed by atoms with E-state index in [1.165, 1.54) is 6.33 Å². The van der Waals surface area contributed by atoms with Gasteiger partial charge in [-0.1, -0.05) is 0 Å². The summed E-state index contributed by atoms with van der Waals surface area (Å²) in [6.07, 6.45) is 1.31. The number of amidine groups is 1. The van der Waals surface area contributed by atoms with Gasteiger partial charge in [-0.3, -0.25) is 4.79 Å². The van der Waals surface area contributed by atoms with Crippen molar-refractivity contribution in [1.82, 2.24) is 15.3 Å². The number of halogens is 1. The van der Waals surface area contributed by atoms with E-state index in [2.05, 4.69) is 20.3 Å². The monoisotopic (exact) mass is 261 g/mol. The van der Waals surface area contributed by atoms with Crippen molar-refractivity contribution in [1.29, 1.82) is 0 Å². The molecule has 1 aromatic rings. The smallest absolute Gasteiger partial charge is 0.279 e. The predicted octanol–water partition coefficient (Wildman–Crippen LogP) is 0.442. The summed E-state index contributed by atoms with van der Waals surface area (Å²) in [4.78, 5) is 21.1. The van der Waals surface area contributed by atoms with Gasteiger partial charge >= 0.3 is 0 Å². The van der Waals surface area contributed by atoms with Crippen molar-refractivity contribution in [2.45, 2.75) is 0 Å². The van der Waals surface area contributed by atoms with E-state index in [4.69, 9.17) is 0 Å². The normalized spacial score (nSPS) is 13.7. The van der Waals surface area contributed by atoms with Gasteiger partial charge in [0, 0.05) is 22.6 Å². The molecular formula is C5H2IN4O. The minimum absolute atomic E-state index is 0.245. The summed E-state index contributed by atoms with van der Waals surface area (Å²) < 4.78 is 0.543. The fraction of sp³-hybridized carbons (Fsp3) is 0. The maximum absolute atomic E-state index is 11.0. The van der Waals surface area contributed by atoms with Crippen LogP contribution in [-0.2, 0) is 0 Å². The van der Waals surface area contributed by atoms with E-state index in [1.807, 2.05) is 22.6 Å². The molecule has 0 unspecified atom stereocenters. The SMILES string of the molecule is O=c1[nH]cnc2c1N=C(I)[N]2. The molecule has 2 rings (SSSR count). The Morgan fingerprint density at radius 2 is 2.36 bits per heavy atom. The van der Waals surface area contributed by atoms with Crippen LogP contribution >= 0.6 is 22.6 Å². The lowest BCUT2D eigenvalue weighted by Gasteiger charge is -1.89. The van der Waals surface area contributed by atoms with Crippen LogP contribution in [0.2, 0.25) is 0 Å². The standard InChI is InChI=1S/C5H2IN4O/c6-5-9-2-3(10-5)7-1-8-4(2)11/h1H,(H,7,8,11). The van der Waals surface area contributed by atoms with Crippen molar-refractivity contribution in [3.8, 4) is 0 Å². The number of hydrogen-bond donors (Lipinski definition) is 1. The fourth-order valence-electron chi connectivity index (χ4n) is 0.770. The average Bonchev–Trinajstić information content (AvgIpc) is 2.31. The highest BCUT2D eigenvalue weighted by Gasteiger charge is 2.17. The second kappa shape index (κ2) is 2.29. The summed E-state index contributed by atoms with van der Waals surface area (Å²) in [6, 6.07) is 0. The number of H-pyrrole nitrogens is 1. The molecule has 2 heterocycles. The number of nitrogens with zero attached hydrogens (tertiary/aromatic N) is 3. The molecule has 0 atom stereocenters. The van der Waals surface area contributed by atoms with Crippen LogP contribution in [0.4, 0.5) is 11.5 Å². The first-order chi connectivity index (χ1) is 5.27. The van der Waals surface area contributed by atoms with Gasteiger partial charge < -0.3 is 4.98 Å². The summed E-state index contributed by atoms with van der Waals surface area (Å²) in [6.45, 7) is 0. The highest BCUT2D eigenvalue weighted by molar-refractivity contribution is 14.1. The zero-order valence-corrected chi connectivity index (χ0v) is 7.36. The van der Waals surface area contributed by atoms with Gasteiger partial charge in [0.2, 0.25) is 0 Å². The van der Waals surface area contributed by atoms with Gasteiger partial charge in [0.15, 0.2) is 15.3 Å². The van der Waals surface area contributed by atoms with Gasteiger partial charge in [0.1, 0.15) is 0 Å². The topological polar surface area (TPSA) is 72.2 Å². The van der Waals surface area contributed by atoms with E-state index in [1.54, 1.807) is 0 Å². The average molecular weight is 261 g/mol. The molecule has 5 nitrogen and oxygen atoms in total. The molecular weight excluding hydrogens is 259 g/mol. The second-order valence-electron chi connectivity index (χ2n) is 1.90. The highest BCUT2D eigenvalue weighted by atomic mass is 127. The molecule has 1 aromatic heterocycles. The molecule has 0 aromatic carbocycles. The fourth-order valence-corrected chi connectivity index (χ4v) is 1.24. The van der Waals surface area contributed by atoms with Gasteiger partial charge in [-0.2, -0.15) is 0 Å². The lowest BCUT2D eigenvalue weighted by atomic mass is 10.5. The summed E-state index contributed by atoms with van der Waals surface area (Å²) >= 11 is 1.93. The number of aromatic amines is 1. The van der Waals surface area contributed by atoms with Gasteiger partial charge in [0.05, 0.1) is 6.33 Å². The van der Waals surface area contributed by atoms with E-state index in [0.717, 1.165) is 0 Å². The lowest BCUT2D eigenvalue weighted by molar-refractivity contribution is 1.08. The van der Waals surface area contributed by atoms with Gasteiger partial charge in [-0.05, 0) is 0 Å². The molecule has 0 fully saturated rings. The third-order valence-corrected chi connectivity index (χ3v) is 1.69. The van der Waals surface area contributed by atoms with Crippen LogP contribution in [0.25, 0.3) is 0 Å². The van der Waals surface area contributed by atoms with E-state index in [0.29, 0.717) is 15.3 Å². The zero-order valence-electron chi connectivity index (χ0n) is 5.21. The molecule has 1 radical (unpaired) electrons. The highest BCUT2D eigenvalue weighted by Crippen LogP contribution is 2.24. The van der Waals surface area contributed by atoms with Crippen LogP contribution < -0.4 is 10.9 Å². The van der Waals surface area contributed by atoms with Crippen LogP contribution in [0, 0.1) is 0 Å². The van der Waals surface area contributed by atoms with Gasteiger partial charge in [0.25, 0.3) is 5.56 Å². The van der Waals surface area contributed by atoms with Crippen molar-refractivity contribution in [2.24, 2.45) is 4.99 Å². The second-order valence-corrected chi connectivity index (χ2v) is 2.86. The Bertz CT molecular complexity index is 382. The summed E-state index contributed by atoms with van der Waals surface area (Å²) in [5.41, 5.74) is 0.0577. The lowest BCUT2D eigenvalue weighted by Crippen LogP contribution is -2.05. The van der Waals surface area contributed by atoms with Crippen LogP contribution in [-0.4, -0.2) is 13.8 Å². The van der Waals surface area contributed by atoms with E-state index >= 15 is 0 Å². The molecule has 0 saturated heterocycles. The van der Waals surface area contributed by atoms with Crippen LogP contribution in [0.5, 0.6) is 0 Å². The first-order valence-electron chi connectivity index (χ1n) is 2.81. The molecule has 0 amide bonds. The number of fused-ring (bicyclic) bond motifs is 1. The molecule has 11 heavy (non-hydrogen) atoms. The predicted molar refractivity (Wildman–Crippen MR) is 47.8 cm³/mol. The maximum atomic E-state index is 11.0. The van der Waals surface area contributed by atoms with Crippen molar-refractivity contribution in [2.75, 3.05) is 0 Å². The Morgan fingerprint density at radius 3 is 3.09 bits per heavy atom. The summed E-state index contributed by atoms with van der Waals surface area (Å²) in [5.74, 6) is 0.401. The largest absolute Gasteiger partial charge is 0.311 e. The minimum Gasteiger partial charge on any atom is -0.311 e. The quantitative estimate of drug-likeness (QED) is 0.543. The number of aromatic nitrogens is 2. The third kappa shape index (κ3) is 1.02. The molecule has 1 N–H and O–H groups in total. The van der Waals surface area contributed by atoms with Crippen molar-refractivity contribution < 1.29 is 0 Å². The Kier molecular flexibility index (Phi) is 1.41. The summed E-state index contributed by atoms with van der Waals surface area (Å²) in [7, 11) is 0. The number of hydrogen-bond acceptors (Lipinski definition) is 3. The number of nitrogens with one attached hydrogen (secondary N) is 1. The minimum atomic E-state index is -0.245. The molecule has 1 aliphatic rings. The van der Waals surface area contributed by atoms with E-state index < -0.39 is 0 Å². The summed E-state index contributed by atoms with van der Waals surface area (Å²) in [5, 5.41) is 3.92. The van der Waals surface area contributed by atoms with Crippen molar-refractivity contribution in [3.63, 3.8) is 0 Å². The number of rotatable bonds is 0. The molecule has 0 aliphatic carbocycles. The molecule has 6 heteroatoms.